The molecule has 0 saturated heterocycles. The molecule has 0 aromatic rings. The highest BCUT2D eigenvalue weighted by Gasteiger charge is 2.44. The van der Waals surface area contributed by atoms with Crippen molar-refractivity contribution in [2.24, 2.45) is 23.7 Å². The lowest BCUT2D eigenvalue weighted by atomic mass is 9.78. The summed E-state index contributed by atoms with van der Waals surface area (Å²) in [6.45, 7) is 2.00. The second kappa shape index (κ2) is 3.32. The minimum atomic E-state index is -0.569. The number of rotatable bonds is 3. The molecule has 2 bridgehead atoms. The van der Waals surface area contributed by atoms with Crippen LogP contribution in [0.25, 0.3) is 0 Å². The van der Waals surface area contributed by atoms with E-state index in [1.165, 1.54) is 25.7 Å². The Balaban J connectivity index is 2.04. The van der Waals surface area contributed by atoms with Gasteiger partial charge in [0.2, 0.25) is 0 Å². The average molecular weight is 182 g/mol. The van der Waals surface area contributed by atoms with Crippen molar-refractivity contribution in [2.75, 3.05) is 0 Å². The van der Waals surface area contributed by atoms with Gasteiger partial charge in [0.1, 0.15) is 0 Å². The van der Waals surface area contributed by atoms with Crippen LogP contribution in [-0.2, 0) is 4.79 Å². The molecule has 0 radical (unpaired) electrons. The molecule has 0 aliphatic heterocycles. The maximum Gasteiger partial charge on any atom is 0.306 e. The van der Waals surface area contributed by atoms with Gasteiger partial charge in [0.15, 0.2) is 0 Å². The Kier molecular flexibility index (Phi) is 2.31. The second-order valence-corrected chi connectivity index (χ2v) is 4.69. The lowest BCUT2D eigenvalue weighted by molar-refractivity contribution is -0.144. The van der Waals surface area contributed by atoms with Gasteiger partial charge in [0.25, 0.3) is 0 Å². The van der Waals surface area contributed by atoms with Crippen molar-refractivity contribution in [1.82, 2.24) is 0 Å². The van der Waals surface area contributed by atoms with Crippen molar-refractivity contribution < 1.29 is 9.90 Å². The number of hydrogen-bond acceptors (Lipinski definition) is 1. The molecule has 4 unspecified atom stereocenters. The van der Waals surface area contributed by atoms with Crippen molar-refractivity contribution in [2.45, 2.75) is 39.0 Å². The molecule has 2 aliphatic carbocycles. The van der Waals surface area contributed by atoms with Crippen LogP contribution in [0.5, 0.6) is 0 Å². The van der Waals surface area contributed by atoms with Crippen LogP contribution in [0, 0.1) is 23.7 Å². The molecular formula is C11H18O2. The van der Waals surface area contributed by atoms with Gasteiger partial charge in [-0.2, -0.15) is 0 Å². The molecular weight excluding hydrogens is 164 g/mol. The van der Waals surface area contributed by atoms with Gasteiger partial charge >= 0.3 is 5.97 Å². The highest BCUT2D eigenvalue weighted by molar-refractivity contribution is 5.70. The van der Waals surface area contributed by atoms with E-state index in [1.54, 1.807) is 0 Å². The van der Waals surface area contributed by atoms with Crippen LogP contribution >= 0.6 is 0 Å². The summed E-state index contributed by atoms with van der Waals surface area (Å²) in [6.07, 6.45) is 5.96. The van der Waals surface area contributed by atoms with E-state index in [2.05, 4.69) is 0 Å². The predicted octanol–water partition coefficient (Wildman–Crippen LogP) is 2.53. The van der Waals surface area contributed by atoms with Crippen LogP contribution in [0.3, 0.4) is 0 Å². The maximum atomic E-state index is 11.0. The molecule has 13 heavy (non-hydrogen) atoms. The monoisotopic (exact) mass is 182 g/mol. The second-order valence-electron chi connectivity index (χ2n) is 4.69. The largest absolute Gasteiger partial charge is 0.481 e. The van der Waals surface area contributed by atoms with Crippen LogP contribution in [-0.4, -0.2) is 11.1 Å². The first-order chi connectivity index (χ1) is 6.22. The van der Waals surface area contributed by atoms with Crippen molar-refractivity contribution >= 4 is 5.97 Å². The standard InChI is InChI=1S/C11H18O2/c1-2-9(11(12)13)10-6-7-3-4-8(10)5-7/h7-10H,2-6H2,1H3,(H,12,13). The van der Waals surface area contributed by atoms with E-state index in [-0.39, 0.29) is 5.92 Å². The highest BCUT2D eigenvalue weighted by Crippen LogP contribution is 2.51. The Morgan fingerprint density at radius 3 is 2.62 bits per heavy atom. The fraction of sp³-hybridized carbons (Fsp3) is 0.909. The summed E-state index contributed by atoms with van der Waals surface area (Å²) >= 11 is 0. The van der Waals surface area contributed by atoms with Gasteiger partial charge in [-0.1, -0.05) is 13.3 Å². The molecule has 2 rings (SSSR count). The lowest BCUT2D eigenvalue weighted by Gasteiger charge is -2.26. The number of hydrogen-bond donors (Lipinski definition) is 1. The zero-order valence-electron chi connectivity index (χ0n) is 8.20. The van der Waals surface area contributed by atoms with Crippen LogP contribution in [0.2, 0.25) is 0 Å². The zero-order valence-corrected chi connectivity index (χ0v) is 8.20. The molecule has 1 N–H and O–H groups in total. The summed E-state index contributed by atoms with van der Waals surface area (Å²) in [5, 5.41) is 9.06. The molecule has 2 aliphatic rings. The lowest BCUT2D eigenvalue weighted by Crippen LogP contribution is -2.27. The summed E-state index contributed by atoms with van der Waals surface area (Å²) in [6, 6.07) is 0. The van der Waals surface area contributed by atoms with E-state index in [1.807, 2.05) is 6.92 Å². The van der Waals surface area contributed by atoms with E-state index in [0.29, 0.717) is 5.92 Å². The van der Waals surface area contributed by atoms with Crippen molar-refractivity contribution in [1.29, 1.82) is 0 Å². The van der Waals surface area contributed by atoms with E-state index in [9.17, 15) is 4.79 Å². The molecule has 74 valence electrons. The van der Waals surface area contributed by atoms with Gasteiger partial charge in [-0.3, -0.25) is 4.79 Å². The summed E-state index contributed by atoms with van der Waals surface area (Å²) in [5.74, 6) is 1.48. The van der Waals surface area contributed by atoms with Gasteiger partial charge in [-0.15, -0.1) is 0 Å². The fourth-order valence-electron chi connectivity index (χ4n) is 3.45. The summed E-state index contributed by atoms with van der Waals surface area (Å²) in [4.78, 5) is 11.0. The molecule has 0 aromatic carbocycles. The number of carboxylic acids is 1. The van der Waals surface area contributed by atoms with Gasteiger partial charge in [-0.05, 0) is 43.4 Å². The first kappa shape index (κ1) is 9.04. The van der Waals surface area contributed by atoms with E-state index < -0.39 is 5.97 Å². The third-order valence-electron chi connectivity index (χ3n) is 4.07. The van der Waals surface area contributed by atoms with Crippen LogP contribution < -0.4 is 0 Å². The Hall–Kier alpha value is -0.530. The van der Waals surface area contributed by atoms with Crippen molar-refractivity contribution in [3.63, 3.8) is 0 Å². The van der Waals surface area contributed by atoms with Crippen LogP contribution in [0.4, 0.5) is 0 Å². The molecule has 2 saturated carbocycles. The summed E-state index contributed by atoms with van der Waals surface area (Å²) in [5.41, 5.74) is 0. The molecule has 0 aromatic heterocycles. The zero-order chi connectivity index (χ0) is 9.42. The average Bonchev–Trinajstić information content (AvgIpc) is 2.65. The molecule has 0 amide bonds. The van der Waals surface area contributed by atoms with Gasteiger partial charge in [0, 0.05) is 0 Å². The third kappa shape index (κ3) is 1.47. The number of aliphatic carboxylic acids is 1. The van der Waals surface area contributed by atoms with Crippen LogP contribution in [0.15, 0.2) is 0 Å². The molecule has 2 heteroatoms. The van der Waals surface area contributed by atoms with Gasteiger partial charge < -0.3 is 5.11 Å². The third-order valence-corrected chi connectivity index (χ3v) is 4.07. The minimum absolute atomic E-state index is 0.0599. The van der Waals surface area contributed by atoms with Crippen molar-refractivity contribution in [3.8, 4) is 0 Å². The Morgan fingerprint density at radius 2 is 2.23 bits per heavy atom. The van der Waals surface area contributed by atoms with E-state index in [4.69, 9.17) is 5.11 Å². The van der Waals surface area contributed by atoms with E-state index in [0.717, 1.165) is 18.3 Å². The maximum absolute atomic E-state index is 11.0. The summed E-state index contributed by atoms with van der Waals surface area (Å²) in [7, 11) is 0. The van der Waals surface area contributed by atoms with E-state index >= 15 is 0 Å². The highest BCUT2D eigenvalue weighted by atomic mass is 16.4. The Morgan fingerprint density at radius 1 is 1.46 bits per heavy atom. The quantitative estimate of drug-likeness (QED) is 0.728. The minimum Gasteiger partial charge on any atom is -0.481 e. The van der Waals surface area contributed by atoms with Gasteiger partial charge in [0.05, 0.1) is 5.92 Å². The SMILES string of the molecule is CCC(C(=O)O)C1CC2CCC1C2. The number of carboxylic acid groups (broad SMARTS) is 1. The molecule has 4 atom stereocenters. The Bertz CT molecular complexity index is 212. The first-order valence-corrected chi connectivity index (χ1v) is 5.45. The topological polar surface area (TPSA) is 37.3 Å². The molecule has 0 heterocycles. The fourth-order valence-corrected chi connectivity index (χ4v) is 3.45. The Labute approximate surface area is 79.3 Å². The smallest absolute Gasteiger partial charge is 0.306 e. The summed E-state index contributed by atoms with van der Waals surface area (Å²) < 4.78 is 0. The van der Waals surface area contributed by atoms with Crippen molar-refractivity contribution in [3.05, 3.63) is 0 Å². The van der Waals surface area contributed by atoms with Gasteiger partial charge in [-0.25, -0.2) is 0 Å². The molecule has 2 fully saturated rings. The predicted molar refractivity (Wildman–Crippen MR) is 50.4 cm³/mol. The number of carbonyl (C=O) groups is 1. The number of fused-ring (bicyclic) bond motifs is 2. The molecule has 2 nitrogen and oxygen atoms in total. The normalized spacial score (nSPS) is 39.3. The first-order valence-electron chi connectivity index (χ1n) is 5.45. The molecule has 0 spiro atoms. The van der Waals surface area contributed by atoms with Crippen LogP contribution in [0.1, 0.15) is 39.0 Å².